The van der Waals surface area contributed by atoms with Crippen molar-refractivity contribution in [1.29, 1.82) is 0 Å². The van der Waals surface area contributed by atoms with Crippen molar-refractivity contribution in [3.8, 4) is 5.75 Å². The third kappa shape index (κ3) is 4.84. The van der Waals surface area contributed by atoms with Gasteiger partial charge in [0.15, 0.2) is 6.10 Å². The van der Waals surface area contributed by atoms with E-state index in [0.29, 0.717) is 5.75 Å². The second-order valence-electron chi connectivity index (χ2n) is 6.03. The van der Waals surface area contributed by atoms with Gasteiger partial charge in [0.25, 0.3) is 5.91 Å². The number of aryl methyl sites for hydroxylation is 2. The van der Waals surface area contributed by atoms with E-state index in [1.54, 1.807) is 6.92 Å². The van der Waals surface area contributed by atoms with E-state index in [1.165, 1.54) is 11.1 Å². The first-order chi connectivity index (χ1) is 11.4. The van der Waals surface area contributed by atoms with Gasteiger partial charge in [-0.15, -0.1) is 0 Å². The van der Waals surface area contributed by atoms with Gasteiger partial charge in [-0.1, -0.05) is 41.1 Å². The van der Waals surface area contributed by atoms with Gasteiger partial charge in [-0.25, -0.2) is 0 Å². The third-order valence-corrected chi connectivity index (χ3v) is 4.68. The molecule has 0 saturated carbocycles. The number of amides is 1. The zero-order valence-electron chi connectivity index (χ0n) is 14.6. The molecule has 1 amide bonds. The summed E-state index contributed by atoms with van der Waals surface area (Å²) >= 11 is 3.38. The molecule has 2 atom stereocenters. The largest absolute Gasteiger partial charge is 0.481 e. The Balaban J connectivity index is 2.02. The number of nitrogens with one attached hydrogen (secondary N) is 1. The molecule has 0 aliphatic heterocycles. The van der Waals surface area contributed by atoms with Crippen LogP contribution in [0.1, 0.15) is 43.0 Å². The molecule has 0 bridgehead atoms. The van der Waals surface area contributed by atoms with Crippen LogP contribution >= 0.6 is 15.9 Å². The van der Waals surface area contributed by atoms with E-state index in [2.05, 4.69) is 60.2 Å². The van der Waals surface area contributed by atoms with Gasteiger partial charge < -0.3 is 10.1 Å². The van der Waals surface area contributed by atoms with E-state index in [4.69, 9.17) is 4.74 Å². The SMILES string of the molecule is CC[C@H](NC(=O)[C@H](C)Oc1ccc(Br)cc1)c1ccc(C)c(C)c1. The summed E-state index contributed by atoms with van der Waals surface area (Å²) in [4.78, 5) is 12.5. The normalized spacial score (nSPS) is 13.2. The highest BCUT2D eigenvalue weighted by Gasteiger charge is 2.19. The lowest BCUT2D eigenvalue weighted by Gasteiger charge is -2.21. The van der Waals surface area contributed by atoms with Crippen LogP contribution in [0.3, 0.4) is 0 Å². The van der Waals surface area contributed by atoms with Gasteiger partial charge >= 0.3 is 0 Å². The van der Waals surface area contributed by atoms with Gasteiger partial charge in [0.2, 0.25) is 0 Å². The molecule has 0 aliphatic carbocycles. The Hall–Kier alpha value is -1.81. The van der Waals surface area contributed by atoms with Gasteiger partial charge in [0.05, 0.1) is 6.04 Å². The van der Waals surface area contributed by atoms with E-state index in [1.807, 2.05) is 24.3 Å². The summed E-state index contributed by atoms with van der Waals surface area (Å²) in [5.74, 6) is 0.572. The molecular formula is C20H24BrNO2. The van der Waals surface area contributed by atoms with Crippen LogP contribution in [0, 0.1) is 13.8 Å². The Bertz CT molecular complexity index is 697. The molecule has 0 unspecified atom stereocenters. The summed E-state index contributed by atoms with van der Waals surface area (Å²) < 4.78 is 6.70. The number of ether oxygens (including phenoxy) is 1. The first-order valence-electron chi connectivity index (χ1n) is 8.20. The van der Waals surface area contributed by atoms with Crippen molar-refractivity contribution in [3.05, 3.63) is 63.6 Å². The Kier molecular flexibility index (Phi) is 6.44. The summed E-state index contributed by atoms with van der Waals surface area (Å²) in [6.07, 6.45) is 0.283. The van der Waals surface area contributed by atoms with Crippen molar-refractivity contribution >= 4 is 21.8 Å². The molecule has 0 aliphatic rings. The van der Waals surface area contributed by atoms with Crippen LogP contribution in [0.25, 0.3) is 0 Å². The summed E-state index contributed by atoms with van der Waals surface area (Å²) in [6.45, 7) is 8.02. The summed E-state index contributed by atoms with van der Waals surface area (Å²) in [5, 5.41) is 3.09. The van der Waals surface area contributed by atoms with Gasteiger partial charge in [-0.2, -0.15) is 0 Å². The molecule has 3 nitrogen and oxygen atoms in total. The lowest BCUT2D eigenvalue weighted by molar-refractivity contribution is -0.128. The predicted octanol–water partition coefficient (Wildman–Crippen LogP) is 5.10. The zero-order valence-corrected chi connectivity index (χ0v) is 16.2. The van der Waals surface area contributed by atoms with E-state index in [-0.39, 0.29) is 11.9 Å². The number of carbonyl (C=O) groups excluding carboxylic acids is 1. The Morgan fingerprint density at radius 1 is 1.12 bits per heavy atom. The molecule has 128 valence electrons. The van der Waals surface area contributed by atoms with Crippen LogP contribution in [0.5, 0.6) is 5.75 Å². The Labute approximate surface area is 152 Å². The average Bonchev–Trinajstić information content (AvgIpc) is 2.57. The molecule has 2 rings (SSSR count). The maximum absolute atomic E-state index is 12.5. The lowest BCUT2D eigenvalue weighted by Crippen LogP contribution is -2.38. The highest BCUT2D eigenvalue weighted by Crippen LogP contribution is 2.21. The first-order valence-corrected chi connectivity index (χ1v) is 8.99. The monoisotopic (exact) mass is 389 g/mol. The Morgan fingerprint density at radius 3 is 2.38 bits per heavy atom. The van der Waals surface area contributed by atoms with Crippen LogP contribution in [0.15, 0.2) is 46.9 Å². The van der Waals surface area contributed by atoms with Crippen molar-refractivity contribution < 1.29 is 9.53 Å². The molecule has 0 aromatic heterocycles. The van der Waals surface area contributed by atoms with Gasteiger partial charge in [0, 0.05) is 4.47 Å². The van der Waals surface area contributed by atoms with Crippen LogP contribution < -0.4 is 10.1 Å². The standard InChI is InChI=1S/C20H24BrNO2/c1-5-19(16-7-6-13(2)14(3)12-16)22-20(23)15(4)24-18-10-8-17(21)9-11-18/h6-12,15,19H,5H2,1-4H3,(H,22,23)/t15-,19-/m0/s1. The number of benzene rings is 2. The quantitative estimate of drug-likeness (QED) is 0.745. The van der Waals surface area contributed by atoms with Crippen LogP contribution in [-0.2, 0) is 4.79 Å². The van der Waals surface area contributed by atoms with Crippen molar-refractivity contribution in [1.82, 2.24) is 5.32 Å². The highest BCUT2D eigenvalue weighted by molar-refractivity contribution is 9.10. The number of hydrogen-bond acceptors (Lipinski definition) is 2. The molecule has 0 radical (unpaired) electrons. The molecule has 0 spiro atoms. The predicted molar refractivity (Wildman–Crippen MR) is 101 cm³/mol. The van der Waals surface area contributed by atoms with Crippen molar-refractivity contribution in [2.75, 3.05) is 0 Å². The fourth-order valence-corrected chi connectivity index (χ4v) is 2.73. The molecule has 0 heterocycles. The number of hydrogen-bond donors (Lipinski definition) is 1. The van der Waals surface area contributed by atoms with Crippen molar-refractivity contribution in [2.24, 2.45) is 0 Å². The van der Waals surface area contributed by atoms with Gasteiger partial charge in [0.1, 0.15) is 5.75 Å². The topological polar surface area (TPSA) is 38.3 Å². The average molecular weight is 390 g/mol. The molecule has 1 N–H and O–H groups in total. The minimum atomic E-state index is -0.549. The van der Waals surface area contributed by atoms with E-state index in [9.17, 15) is 4.79 Å². The lowest BCUT2D eigenvalue weighted by atomic mass is 9.99. The Morgan fingerprint density at radius 2 is 1.79 bits per heavy atom. The number of halogens is 1. The van der Waals surface area contributed by atoms with Crippen LogP contribution in [-0.4, -0.2) is 12.0 Å². The van der Waals surface area contributed by atoms with E-state index >= 15 is 0 Å². The van der Waals surface area contributed by atoms with Crippen molar-refractivity contribution in [3.63, 3.8) is 0 Å². The van der Waals surface area contributed by atoms with E-state index < -0.39 is 6.10 Å². The minimum absolute atomic E-state index is 0.00670. The fraction of sp³-hybridized carbons (Fsp3) is 0.350. The highest BCUT2D eigenvalue weighted by atomic mass is 79.9. The van der Waals surface area contributed by atoms with E-state index in [0.717, 1.165) is 16.5 Å². The molecule has 2 aromatic carbocycles. The molecular weight excluding hydrogens is 366 g/mol. The number of carbonyl (C=O) groups is 1. The van der Waals surface area contributed by atoms with Crippen LogP contribution in [0.2, 0.25) is 0 Å². The third-order valence-electron chi connectivity index (χ3n) is 4.15. The molecule has 0 fully saturated rings. The zero-order chi connectivity index (χ0) is 17.7. The second kappa shape index (κ2) is 8.34. The summed E-state index contributed by atoms with van der Waals surface area (Å²) in [6, 6.07) is 13.8. The maximum Gasteiger partial charge on any atom is 0.261 e. The van der Waals surface area contributed by atoms with Crippen LogP contribution in [0.4, 0.5) is 0 Å². The molecule has 0 saturated heterocycles. The van der Waals surface area contributed by atoms with Gasteiger partial charge in [-0.3, -0.25) is 4.79 Å². The first kappa shape index (κ1) is 18.5. The van der Waals surface area contributed by atoms with Gasteiger partial charge in [-0.05, 0) is 68.1 Å². The molecule has 2 aromatic rings. The second-order valence-corrected chi connectivity index (χ2v) is 6.94. The smallest absolute Gasteiger partial charge is 0.261 e. The summed E-state index contributed by atoms with van der Waals surface area (Å²) in [7, 11) is 0. The van der Waals surface area contributed by atoms with Crippen molar-refractivity contribution in [2.45, 2.75) is 46.3 Å². The summed E-state index contributed by atoms with van der Waals surface area (Å²) in [5.41, 5.74) is 3.62. The minimum Gasteiger partial charge on any atom is -0.481 e. The fourth-order valence-electron chi connectivity index (χ4n) is 2.46. The molecule has 4 heteroatoms. The number of rotatable bonds is 6. The maximum atomic E-state index is 12.5. The molecule has 24 heavy (non-hydrogen) atoms.